The van der Waals surface area contributed by atoms with Gasteiger partial charge in [-0.15, -0.1) is 0 Å². The highest BCUT2D eigenvalue weighted by Crippen LogP contribution is 2.36. The molecule has 0 aliphatic carbocycles. The predicted molar refractivity (Wildman–Crippen MR) is 146 cm³/mol. The lowest BCUT2D eigenvalue weighted by Crippen LogP contribution is -2.32. The molecule has 0 unspecified atom stereocenters. The molecule has 0 saturated heterocycles. The average molecular weight is 593 g/mol. The number of urea groups is 1. The van der Waals surface area contributed by atoms with Crippen molar-refractivity contribution in [3.63, 3.8) is 0 Å². The van der Waals surface area contributed by atoms with Crippen LogP contribution in [0.1, 0.15) is 57.4 Å². The molecular formula is C26H28ClF3N8O3. The SMILES string of the molecule is CC(C)c1c(NC(=O)Nc2ccc(-n3cc(CNC(=O)OC(C)(C)C)cn3)c(C(F)(F)F)c2)cnc2cc(Cl)nn12. The van der Waals surface area contributed by atoms with Gasteiger partial charge in [0.15, 0.2) is 10.8 Å². The number of carbonyl (C=O) groups is 2. The van der Waals surface area contributed by atoms with Crippen molar-refractivity contribution in [2.45, 2.75) is 58.9 Å². The standard InChI is InChI=1S/C26H28ClF3N8O3/c1-14(2)22-18(12-31-21-9-20(27)36-38(21)22)35-23(39)34-16-6-7-19(17(8-16)26(28,29)30)37-13-15(11-33-37)10-32-24(40)41-25(3,4)5/h6-9,11-14H,10H2,1-5H3,(H,32,40)(H2,34,35,39). The van der Waals surface area contributed by atoms with Crippen LogP contribution >= 0.6 is 11.6 Å². The van der Waals surface area contributed by atoms with Crippen molar-refractivity contribution in [2.24, 2.45) is 0 Å². The fourth-order valence-corrected chi connectivity index (χ4v) is 4.15. The number of anilines is 2. The van der Waals surface area contributed by atoms with Crippen LogP contribution in [0.25, 0.3) is 11.3 Å². The van der Waals surface area contributed by atoms with Crippen LogP contribution in [0.15, 0.2) is 42.9 Å². The van der Waals surface area contributed by atoms with E-state index in [0.29, 0.717) is 22.6 Å². The number of carbonyl (C=O) groups excluding carboxylic acids is 2. The van der Waals surface area contributed by atoms with Crippen molar-refractivity contribution in [2.75, 3.05) is 10.6 Å². The van der Waals surface area contributed by atoms with Gasteiger partial charge in [0.05, 0.1) is 35.0 Å². The topological polar surface area (TPSA) is 127 Å². The van der Waals surface area contributed by atoms with Crippen molar-refractivity contribution in [1.82, 2.24) is 29.7 Å². The minimum Gasteiger partial charge on any atom is -0.444 e. The number of nitrogens with one attached hydrogen (secondary N) is 3. The number of alkyl carbamates (subject to hydrolysis) is 1. The van der Waals surface area contributed by atoms with Crippen LogP contribution in [0.3, 0.4) is 0 Å². The Kier molecular flexibility index (Phi) is 8.15. The minimum atomic E-state index is -4.76. The predicted octanol–water partition coefficient (Wildman–Crippen LogP) is 6.38. The number of hydrogen-bond acceptors (Lipinski definition) is 6. The van der Waals surface area contributed by atoms with Crippen molar-refractivity contribution < 1.29 is 27.5 Å². The first kappa shape index (κ1) is 29.6. The quantitative estimate of drug-likeness (QED) is 0.238. The number of rotatable bonds is 6. The first-order valence-corrected chi connectivity index (χ1v) is 12.8. The zero-order valence-corrected chi connectivity index (χ0v) is 23.6. The van der Waals surface area contributed by atoms with Gasteiger partial charge in [-0.25, -0.2) is 23.8 Å². The maximum Gasteiger partial charge on any atom is 0.418 e. The summed E-state index contributed by atoms with van der Waals surface area (Å²) >= 11 is 5.99. The lowest BCUT2D eigenvalue weighted by atomic mass is 10.1. The minimum absolute atomic E-state index is 0.000174. The fourth-order valence-electron chi connectivity index (χ4n) is 3.97. The maximum absolute atomic E-state index is 14.0. The molecule has 1 aromatic carbocycles. The number of hydrogen-bond donors (Lipinski definition) is 3. The molecule has 3 N–H and O–H groups in total. The largest absolute Gasteiger partial charge is 0.444 e. The van der Waals surface area contributed by atoms with Crippen LogP contribution < -0.4 is 16.0 Å². The summed E-state index contributed by atoms with van der Waals surface area (Å²) in [4.78, 5) is 28.9. The second-order valence-corrected chi connectivity index (χ2v) is 10.8. The van der Waals surface area contributed by atoms with E-state index in [-0.39, 0.29) is 29.0 Å². The molecule has 0 spiro atoms. The smallest absolute Gasteiger partial charge is 0.418 e. The Balaban J connectivity index is 1.52. The Morgan fingerprint density at radius 2 is 1.83 bits per heavy atom. The first-order valence-electron chi connectivity index (χ1n) is 12.4. The van der Waals surface area contributed by atoms with Gasteiger partial charge in [-0.05, 0) is 44.9 Å². The molecule has 41 heavy (non-hydrogen) atoms. The van der Waals surface area contributed by atoms with E-state index in [9.17, 15) is 22.8 Å². The molecule has 11 nitrogen and oxygen atoms in total. The van der Waals surface area contributed by atoms with Crippen LogP contribution in [0.4, 0.5) is 34.1 Å². The summed E-state index contributed by atoms with van der Waals surface area (Å²) in [5.74, 6) is -0.0961. The number of aromatic nitrogens is 5. The van der Waals surface area contributed by atoms with Gasteiger partial charge in [0, 0.05) is 30.1 Å². The second-order valence-electron chi connectivity index (χ2n) is 10.4. The summed E-state index contributed by atoms with van der Waals surface area (Å²) in [6.07, 6.45) is -1.30. The lowest BCUT2D eigenvalue weighted by Gasteiger charge is -2.19. The highest BCUT2D eigenvalue weighted by molar-refractivity contribution is 6.29. The molecule has 0 bridgehead atoms. The van der Waals surface area contributed by atoms with Gasteiger partial charge in [-0.1, -0.05) is 25.4 Å². The van der Waals surface area contributed by atoms with E-state index in [1.54, 1.807) is 26.8 Å². The highest BCUT2D eigenvalue weighted by atomic mass is 35.5. The normalized spacial score (nSPS) is 12.0. The summed E-state index contributed by atoms with van der Waals surface area (Å²) < 4.78 is 49.8. The fraction of sp³-hybridized carbons (Fsp3) is 0.346. The summed E-state index contributed by atoms with van der Waals surface area (Å²) in [6.45, 7) is 8.90. The summed E-state index contributed by atoms with van der Waals surface area (Å²) in [7, 11) is 0. The van der Waals surface area contributed by atoms with Gasteiger partial charge >= 0.3 is 18.3 Å². The van der Waals surface area contributed by atoms with E-state index in [2.05, 4.69) is 31.1 Å². The van der Waals surface area contributed by atoms with Gasteiger partial charge in [-0.3, -0.25) is 0 Å². The van der Waals surface area contributed by atoms with Crippen LogP contribution in [-0.2, 0) is 17.5 Å². The highest BCUT2D eigenvalue weighted by Gasteiger charge is 2.35. The third-order valence-electron chi connectivity index (χ3n) is 5.56. The third kappa shape index (κ3) is 7.25. The molecule has 4 rings (SSSR count). The molecule has 0 aliphatic heterocycles. The molecule has 3 amide bonds. The number of ether oxygens (including phenoxy) is 1. The monoisotopic (exact) mass is 592 g/mol. The molecule has 0 atom stereocenters. The van der Waals surface area contributed by atoms with Crippen molar-refractivity contribution >= 4 is 40.7 Å². The summed E-state index contributed by atoms with van der Waals surface area (Å²) in [5.41, 5.74) is -0.215. The van der Waals surface area contributed by atoms with Crippen molar-refractivity contribution in [3.05, 3.63) is 64.8 Å². The second kappa shape index (κ2) is 11.3. The third-order valence-corrected chi connectivity index (χ3v) is 5.75. The van der Waals surface area contributed by atoms with Gasteiger partial charge in [0.25, 0.3) is 0 Å². The van der Waals surface area contributed by atoms with Gasteiger partial charge < -0.3 is 20.7 Å². The van der Waals surface area contributed by atoms with Gasteiger partial charge in [0.1, 0.15) is 5.60 Å². The van der Waals surface area contributed by atoms with Crippen LogP contribution in [0, 0.1) is 0 Å². The first-order chi connectivity index (χ1) is 19.1. The number of benzene rings is 1. The molecule has 218 valence electrons. The van der Waals surface area contributed by atoms with E-state index in [4.69, 9.17) is 16.3 Å². The number of halogens is 4. The average Bonchev–Trinajstić information content (AvgIpc) is 3.46. The molecule has 0 radical (unpaired) electrons. The van der Waals surface area contributed by atoms with Crippen molar-refractivity contribution in [3.8, 4) is 5.69 Å². The number of alkyl halides is 3. The van der Waals surface area contributed by atoms with Crippen LogP contribution in [0.5, 0.6) is 0 Å². The molecule has 0 fully saturated rings. The zero-order valence-electron chi connectivity index (χ0n) is 22.8. The lowest BCUT2D eigenvalue weighted by molar-refractivity contribution is -0.137. The Morgan fingerprint density at radius 1 is 1.10 bits per heavy atom. The van der Waals surface area contributed by atoms with Crippen LogP contribution in [-0.4, -0.2) is 42.1 Å². The molecule has 3 heterocycles. The number of nitrogens with zero attached hydrogens (tertiary/aromatic N) is 5. The molecule has 0 aliphatic rings. The van der Waals surface area contributed by atoms with E-state index in [1.165, 1.54) is 35.2 Å². The molecule has 0 saturated carbocycles. The Hall–Kier alpha value is -4.33. The van der Waals surface area contributed by atoms with E-state index in [1.807, 2.05) is 13.8 Å². The van der Waals surface area contributed by atoms with Crippen molar-refractivity contribution in [1.29, 1.82) is 0 Å². The number of fused-ring (bicyclic) bond motifs is 1. The maximum atomic E-state index is 14.0. The Labute approximate surface area is 238 Å². The summed E-state index contributed by atoms with van der Waals surface area (Å²) in [6, 6.07) is 4.12. The Bertz CT molecular complexity index is 1590. The summed E-state index contributed by atoms with van der Waals surface area (Å²) in [5, 5.41) is 16.0. The molecule has 15 heteroatoms. The van der Waals surface area contributed by atoms with Gasteiger partial charge in [0.2, 0.25) is 0 Å². The Morgan fingerprint density at radius 3 is 2.49 bits per heavy atom. The van der Waals surface area contributed by atoms with Gasteiger partial charge in [-0.2, -0.15) is 23.4 Å². The van der Waals surface area contributed by atoms with Crippen LogP contribution in [0.2, 0.25) is 5.15 Å². The van der Waals surface area contributed by atoms with E-state index >= 15 is 0 Å². The van der Waals surface area contributed by atoms with E-state index in [0.717, 1.165) is 10.7 Å². The molecule has 3 aromatic heterocycles. The number of amides is 3. The zero-order chi connectivity index (χ0) is 30.1. The van der Waals surface area contributed by atoms with E-state index < -0.39 is 29.5 Å². The molecular weight excluding hydrogens is 565 g/mol. The molecule has 4 aromatic rings.